The highest BCUT2D eigenvalue weighted by molar-refractivity contribution is 5.90. The Bertz CT molecular complexity index is 682. The summed E-state index contributed by atoms with van der Waals surface area (Å²) in [4.78, 5) is 12.1. The SMILES string of the molecule is COc1c(CO)cccc1-c1ccc(C(=O)OC(C)(C)C)cc1. The van der Waals surface area contributed by atoms with E-state index in [0.717, 1.165) is 16.7 Å². The lowest BCUT2D eigenvalue weighted by molar-refractivity contribution is 0.00695. The maximum atomic E-state index is 12.1. The van der Waals surface area contributed by atoms with E-state index in [0.29, 0.717) is 11.3 Å². The van der Waals surface area contributed by atoms with Gasteiger partial charge < -0.3 is 14.6 Å². The van der Waals surface area contributed by atoms with Crippen LogP contribution in [0.2, 0.25) is 0 Å². The topological polar surface area (TPSA) is 55.8 Å². The Labute approximate surface area is 136 Å². The largest absolute Gasteiger partial charge is 0.496 e. The predicted molar refractivity (Wildman–Crippen MR) is 89.5 cm³/mol. The lowest BCUT2D eigenvalue weighted by Gasteiger charge is -2.19. The molecule has 122 valence electrons. The van der Waals surface area contributed by atoms with Gasteiger partial charge in [-0.15, -0.1) is 0 Å². The molecule has 2 aromatic carbocycles. The Balaban J connectivity index is 2.32. The van der Waals surface area contributed by atoms with Crippen molar-refractivity contribution in [3.63, 3.8) is 0 Å². The van der Waals surface area contributed by atoms with E-state index in [4.69, 9.17) is 9.47 Å². The van der Waals surface area contributed by atoms with Gasteiger partial charge in [0.05, 0.1) is 19.3 Å². The summed E-state index contributed by atoms with van der Waals surface area (Å²) in [5, 5.41) is 9.40. The third kappa shape index (κ3) is 4.11. The molecule has 0 saturated heterocycles. The lowest BCUT2D eigenvalue weighted by Crippen LogP contribution is -2.23. The molecule has 4 heteroatoms. The van der Waals surface area contributed by atoms with Crippen LogP contribution in [0.4, 0.5) is 0 Å². The molecule has 0 atom stereocenters. The van der Waals surface area contributed by atoms with Gasteiger partial charge >= 0.3 is 5.97 Å². The molecule has 0 amide bonds. The van der Waals surface area contributed by atoms with Crippen LogP contribution in [0.1, 0.15) is 36.7 Å². The van der Waals surface area contributed by atoms with Gasteiger partial charge in [-0.25, -0.2) is 4.79 Å². The molecule has 0 aromatic heterocycles. The summed E-state index contributed by atoms with van der Waals surface area (Å²) in [5.74, 6) is 0.292. The van der Waals surface area contributed by atoms with E-state index in [2.05, 4.69) is 0 Å². The molecule has 2 aromatic rings. The van der Waals surface area contributed by atoms with Crippen LogP contribution in [-0.2, 0) is 11.3 Å². The normalized spacial score (nSPS) is 11.2. The van der Waals surface area contributed by atoms with Crippen LogP contribution >= 0.6 is 0 Å². The van der Waals surface area contributed by atoms with Gasteiger partial charge in [0.1, 0.15) is 11.4 Å². The van der Waals surface area contributed by atoms with Crippen LogP contribution in [-0.4, -0.2) is 23.8 Å². The van der Waals surface area contributed by atoms with E-state index >= 15 is 0 Å². The zero-order chi connectivity index (χ0) is 17.0. The first-order valence-electron chi connectivity index (χ1n) is 7.46. The number of benzene rings is 2. The van der Waals surface area contributed by atoms with E-state index in [-0.39, 0.29) is 12.6 Å². The number of hydrogen-bond acceptors (Lipinski definition) is 4. The molecule has 2 rings (SSSR count). The second-order valence-electron chi connectivity index (χ2n) is 6.24. The van der Waals surface area contributed by atoms with Gasteiger partial charge in [-0.3, -0.25) is 0 Å². The zero-order valence-electron chi connectivity index (χ0n) is 13.9. The summed E-state index contributed by atoms with van der Waals surface area (Å²) in [6.07, 6.45) is 0. The highest BCUT2D eigenvalue weighted by Gasteiger charge is 2.18. The Kier molecular flexibility index (Phi) is 5.06. The number of para-hydroxylation sites is 1. The van der Waals surface area contributed by atoms with Crippen molar-refractivity contribution in [2.45, 2.75) is 33.0 Å². The smallest absolute Gasteiger partial charge is 0.338 e. The van der Waals surface area contributed by atoms with E-state index in [9.17, 15) is 9.90 Å². The molecule has 0 radical (unpaired) electrons. The number of hydrogen-bond donors (Lipinski definition) is 1. The van der Waals surface area contributed by atoms with Gasteiger partial charge in [-0.2, -0.15) is 0 Å². The summed E-state index contributed by atoms with van der Waals surface area (Å²) in [5.41, 5.74) is 2.48. The van der Waals surface area contributed by atoms with Gasteiger partial charge in [0, 0.05) is 11.1 Å². The van der Waals surface area contributed by atoms with Crippen molar-refractivity contribution in [1.82, 2.24) is 0 Å². The van der Waals surface area contributed by atoms with Crippen molar-refractivity contribution in [2.24, 2.45) is 0 Å². The van der Waals surface area contributed by atoms with Crippen molar-refractivity contribution in [3.8, 4) is 16.9 Å². The summed E-state index contributed by atoms with van der Waals surface area (Å²) in [7, 11) is 1.58. The summed E-state index contributed by atoms with van der Waals surface area (Å²) in [6.45, 7) is 5.42. The van der Waals surface area contributed by atoms with Crippen molar-refractivity contribution >= 4 is 5.97 Å². The Hall–Kier alpha value is -2.33. The van der Waals surface area contributed by atoms with Crippen molar-refractivity contribution in [1.29, 1.82) is 0 Å². The molecule has 0 bridgehead atoms. The van der Waals surface area contributed by atoms with E-state index in [1.165, 1.54) is 0 Å². The molecule has 1 N–H and O–H groups in total. The minimum atomic E-state index is -0.519. The van der Waals surface area contributed by atoms with Crippen molar-refractivity contribution < 1.29 is 19.4 Å². The summed E-state index contributed by atoms with van der Waals surface area (Å²) >= 11 is 0. The second-order valence-corrected chi connectivity index (χ2v) is 6.24. The van der Waals surface area contributed by atoms with Gasteiger partial charge in [0.15, 0.2) is 0 Å². The molecule has 0 fully saturated rings. The fourth-order valence-corrected chi connectivity index (χ4v) is 2.30. The molecule has 0 aliphatic rings. The van der Waals surface area contributed by atoms with Crippen LogP contribution in [0.3, 0.4) is 0 Å². The molecular formula is C19H22O4. The van der Waals surface area contributed by atoms with Gasteiger partial charge in [0.25, 0.3) is 0 Å². The molecular weight excluding hydrogens is 292 g/mol. The molecule has 0 spiro atoms. The predicted octanol–water partition coefficient (Wildman–Crippen LogP) is 3.81. The monoisotopic (exact) mass is 314 g/mol. The van der Waals surface area contributed by atoms with Gasteiger partial charge in [-0.1, -0.05) is 30.3 Å². The number of carbonyl (C=O) groups excluding carboxylic acids is 1. The number of methoxy groups -OCH3 is 1. The Morgan fingerprint density at radius 1 is 1.09 bits per heavy atom. The Morgan fingerprint density at radius 2 is 1.74 bits per heavy atom. The Morgan fingerprint density at radius 3 is 2.26 bits per heavy atom. The number of aliphatic hydroxyl groups is 1. The highest BCUT2D eigenvalue weighted by Crippen LogP contribution is 2.33. The first kappa shape index (κ1) is 17.0. The molecule has 0 unspecified atom stereocenters. The third-order valence-electron chi connectivity index (χ3n) is 3.30. The molecule has 4 nitrogen and oxygen atoms in total. The average molecular weight is 314 g/mol. The fraction of sp³-hybridized carbons (Fsp3) is 0.316. The van der Waals surface area contributed by atoms with E-state index in [1.807, 2.05) is 51.1 Å². The van der Waals surface area contributed by atoms with E-state index < -0.39 is 5.60 Å². The number of carbonyl (C=O) groups is 1. The molecule has 0 aliphatic carbocycles. The maximum Gasteiger partial charge on any atom is 0.338 e. The lowest BCUT2D eigenvalue weighted by atomic mass is 10.0. The van der Waals surface area contributed by atoms with E-state index in [1.54, 1.807) is 19.2 Å². The van der Waals surface area contributed by atoms with Gasteiger partial charge in [0.2, 0.25) is 0 Å². The second kappa shape index (κ2) is 6.84. The first-order chi connectivity index (χ1) is 10.9. The van der Waals surface area contributed by atoms with Crippen LogP contribution in [0.15, 0.2) is 42.5 Å². The molecule has 0 saturated carbocycles. The summed E-state index contributed by atoms with van der Waals surface area (Å²) in [6, 6.07) is 12.8. The quantitative estimate of drug-likeness (QED) is 0.872. The average Bonchev–Trinajstić information content (AvgIpc) is 2.52. The highest BCUT2D eigenvalue weighted by atomic mass is 16.6. The minimum absolute atomic E-state index is 0.0903. The van der Waals surface area contributed by atoms with Crippen LogP contribution in [0.25, 0.3) is 11.1 Å². The van der Waals surface area contributed by atoms with Crippen LogP contribution in [0.5, 0.6) is 5.75 Å². The van der Waals surface area contributed by atoms with Crippen molar-refractivity contribution in [3.05, 3.63) is 53.6 Å². The number of aliphatic hydroxyl groups excluding tert-OH is 1. The molecule has 0 heterocycles. The first-order valence-corrected chi connectivity index (χ1v) is 7.46. The molecule has 23 heavy (non-hydrogen) atoms. The molecule has 0 aliphatic heterocycles. The number of rotatable bonds is 4. The van der Waals surface area contributed by atoms with Crippen LogP contribution in [0, 0.1) is 0 Å². The third-order valence-corrected chi connectivity index (χ3v) is 3.30. The maximum absolute atomic E-state index is 12.1. The van der Waals surface area contributed by atoms with Crippen molar-refractivity contribution in [2.75, 3.05) is 7.11 Å². The van der Waals surface area contributed by atoms with Crippen LogP contribution < -0.4 is 4.74 Å². The fourth-order valence-electron chi connectivity index (χ4n) is 2.30. The minimum Gasteiger partial charge on any atom is -0.496 e. The number of ether oxygens (including phenoxy) is 2. The van der Waals surface area contributed by atoms with Gasteiger partial charge in [-0.05, 0) is 38.5 Å². The zero-order valence-corrected chi connectivity index (χ0v) is 13.9. The number of esters is 1. The summed E-state index contributed by atoms with van der Waals surface area (Å²) < 4.78 is 10.8. The standard InChI is InChI=1S/C19H22O4/c1-19(2,3)23-18(21)14-10-8-13(9-11-14)16-7-5-6-15(12-20)17(16)22-4/h5-11,20H,12H2,1-4H3.